The molecule has 0 amide bonds. The molecule has 0 aliphatic carbocycles. The van der Waals surface area contributed by atoms with Gasteiger partial charge in [0, 0.05) is 15.4 Å². The number of ketones is 1. The second-order valence-electron chi connectivity index (χ2n) is 3.76. The van der Waals surface area contributed by atoms with Crippen LogP contribution in [0, 0.1) is 11.6 Å². The topological polar surface area (TPSA) is 17.1 Å². The number of rotatable bonds is 3. The van der Waals surface area contributed by atoms with Crippen molar-refractivity contribution in [1.29, 1.82) is 0 Å². The van der Waals surface area contributed by atoms with Gasteiger partial charge in [-0.25, -0.2) is 8.78 Å². The van der Waals surface area contributed by atoms with E-state index in [-0.39, 0.29) is 11.6 Å². The summed E-state index contributed by atoms with van der Waals surface area (Å²) >= 11 is 1.19. The molecule has 2 aromatic carbocycles. The highest BCUT2D eigenvalue weighted by Crippen LogP contribution is 2.30. The lowest BCUT2D eigenvalue weighted by atomic mass is 10.1. The van der Waals surface area contributed by atoms with Crippen molar-refractivity contribution in [1.82, 2.24) is 0 Å². The van der Waals surface area contributed by atoms with Crippen molar-refractivity contribution in [2.24, 2.45) is 0 Å². The highest BCUT2D eigenvalue weighted by molar-refractivity contribution is 7.99. The van der Waals surface area contributed by atoms with Gasteiger partial charge in [-0.1, -0.05) is 17.8 Å². The third-order valence-corrected chi connectivity index (χ3v) is 3.44. The Bertz CT molecular complexity index is 579. The molecule has 0 aromatic heterocycles. The number of carbonyl (C=O) groups is 1. The van der Waals surface area contributed by atoms with Crippen molar-refractivity contribution >= 4 is 17.5 Å². The summed E-state index contributed by atoms with van der Waals surface area (Å²) in [7, 11) is 0. The van der Waals surface area contributed by atoms with Crippen LogP contribution >= 0.6 is 11.8 Å². The Morgan fingerprint density at radius 1 is 1.06 bits per heavy atom. The number of hydrogen-bond acceptors (Lipinski definition) is 2. The molecule has 0 N–H and O–H groups in total. The molecular weight excluding hydrogens is 254 g/mol. The fraction of sp³-hybridized carbons (Fsp3) is 0.0714. The van der Waals surface area contributed by atoms with E-state index in [4.69, 9.17) is 0 Å². The van der Waals surface area contributed by atoms with Crippen molar-refractivity contribution in [3.8, 4) is 0 Å². The van der Waals surface area contributed by atoms with Crippen molar-refractivity contribution in [2.45, 2.75) is 16.7 Å². The van der Waals surface area contributed by atoms with Gasteiger partial charge < -0.3 is 0 Å². The molecular formula is C14H10F2OS. The molecule has 2 rings (SSSR count). The second kappa shape index (κ2) is 5.31. The Morgan fingerprint density at radius 3 is 2.28 bits per heavy atom. The summed E-state index contributed by atoms with van der Waals surface area (Å²) in [4.78, 5) is 12.2. The minimum absolute atomic E-state index is 0.174. The van der Waals surface area contributed by atoms with E-state index in [0.29, 0.717) is 10.5 Å². The van der Waals surface area contributed by atoms with Crippen molar-refractivity contribution in [3.05, 3.63) is 59.7 Å². The average Bonchev–Trinajstić information content (AvgIpc) is 2.34. The maximum absolute atomic E-state index is 13.7. The van der Waals surface area contributed by atoms with E-state index in [2.05, 4.69) is 0 Å². The van der Waals surface area contributed by atoms with Crippen LogP contribution < -0.4 is 0 Å². The third-order valence-electron chi connectivity index (χ3n) is 2.38. The number of halogens is 2. The molecule has 0 heterocycles. The Labute approximate surface area is 108 Å². The SMILES string of the molecule is CC(=O)c1ccc(Sc2ccc(F)cc2)c(F)c1. The van der Waals surface area contributed by atoms with E-state index in [1.807, 2.05) is 0 Å². The smallest absolute Gasteiger partial charge is 0.159 e. The van der Waals surface area contributed by atoms with E-state index in [1.54, 1.807) is 24.3 Å². The fourth-order valence-electron chi connectivity index (χ4n) is 1.43. The van der Waals surface area contributed by atoms with Crippen LogP contribution in [0.2, 0.25) is 0 Å². The first-order chi connectivity index (χ1) is 8.56. The standard InChI is InChI=1S/C14H10F2OS/c1-9(17)10-2-7-14(13(16)8-10)18-12-5-3-11(15)4-6-12/h2-8H,1H3. The van der Waals surface area contributed by atoms with Crippen molar-refractivity contribution in [3.63, 3.8) is 0 Å². The van der Waals surface area contributed by atoms with E-state index in [0.717, 1.165) is 4.90 Å². The monoisotopic (exact) mass is 264 g/mol. The molecule has 0 aliphatic heterocycles. The maximum atomic E-state index is 13.7. The lowest BCUT2D eigenvalue weighted by Gasteiger charge is -2.04. The Balaban J connectivity index is 2.24. The maximum Gasteiger partial charge on any atom is 0.159 e. The largest absolute Gasteiger partial charge is 0.295 e. The number of Topliss-reactive ketones (excluding diaryl/α,β-unsaturated/α-hetero) is 1. The average molecular weight is 264 g/mol. The number of hydrogen-bond donors (Lipinski definition) is 0. The second-order valence-corrected chi connectivity index (χ2v) is 4.87. The molecule has 0 bridgehead atoms. The van der Waals surface area contributed by atoms with Crippen LogP contribution in [0.4, 0.5) is 8.78 Å². The highest BCUT2D eigenvalue weighted by Gasteiger charge is 2.07. The summed E-state index contributed by atoms with van der Waals surface area (Å²) in [5.74, 6) is -0.948. The normalized spacial score (nSPS) is 10.4. The lowest BCUT2D eigenvalue weighted by molar-refractivity contribution is 0.101. The molecule has 2 aromatic rings. The van der Waals surface area contributed by atoms with Gasteiger partial charge in [-0.05, 0) is 43.3 Å². The van der Waals surface area contributed by atoms with Gasteiger partial charge in [-0.2, -0.15) is 0 Å². The van der Waals surface area contributed by atoms with Crippen molar-refractivity contribution < 1.29 is 13.6 Å². The predicted molar refractivity (Wildman–Crippen MR) is 66.9 cm³/mol. The first-order valence-corrected chi connectivity index (χ1v) is 6.12. The third kappa shape index (κ3) is 2.96. The molecule has 18 heavy (non-hydrogen) atoms. The fourth-order valence-corrected chi connectivity index (χ4v) is 2.25. The van der Waals surface area contributed by atoms with Gasteiger partial charge in [0.15, 0.2) is 5.78 Å². The van der Waals surface area contributed by atoms with Crippen molar-refractivity contribution in [2.75, 3.05) is 0 Å². The zero-order valence-corrected chi connectivity index (χ0v) is 10.4. The van der Waals surface area contributed by atoms with Gasteiger partial charge in [0.2, 0.25) is 0 Å². The quantitative estimate of drug-likeness (QED) is 0.768. The Morgan fingerprint density at radius 2 is 1.72 bits per heavy atom. The molecule has 0 fully saturated rings. The van der Waals surface area contributed by atoms with E-state index < -0.39 is 5.82 Å². The van der Waals surface area contributed by atoms with Crippen LogP contribution in [0.15, 0.2) is 52.3 Å². The van der Waals surface area contributed by atoms with Gasteiger partial charge in [0.1, 0.15) is 11.6 Å². The highest BCUT2D eigenvalue weighted by atomic mass is 32.2. The van der Waals surface area contributed by atoms with Crippen LogP contribution in [0.1, 0.15) is 17.3 Å². The molecule has 0 unspecified atom stereocenters. The molecule has 0 saturated heterocycles. The Hall–Kier alpha value is -1.68. The van der Waals surface area contributed by atoms with Crippen LogP contribution in [0.5, 0.6) is 0 Å². The summed E-state index contributed by atoms with van der Waals surface area (Å²) in [6, 6.07) is 10.2. The van der Waals surface area contributed by atoms with Gasteiger partial charge in [0.05, 0.1) is 0 Å². The van der Waals surface area contributed by atoms with Crippen LogP contribution in [-0.4, -0.2) is 5.78 Å². The van der Waals surface area contributed by atoms with E-state index in [9.17, 15) is 13.6 Å². The molecule has 0 atom stereocenters. The van der Waals surface area contributed by atoms with Gasteiger partial charge in [-0.3, -0.25) is 4.79 Å². The first-order valence-electron chi connectivity index (χ1n) is 5.30. The first kappa shape index (κ1) is 12.8. The van der Waals surface area contributed by atoms with E-state index in [1.165, 1.54) is 36.9 Å². The minimum Gasteiger partial charge on any atom is -0.295 e. The minimum atomic E-state index is -0.447. The van der Waals surface area contributed by atoms with Gasteiger partial charge in [0.25, 0.3) is 0 Å². The zero-order valence-electron chi connectivity index (χ0n) is 9.61. The summed E-state index contributed by atoms with van der Waals surface area (Å²) < 4.78 is 26.5. The van der Waals surface area contributed by atoms with Crippen LogP contribution in [0.25, 0.3) is 0 Å². The van der Waals surface area contributed by atoms with Gasteiger partial charge >= 0.3 is 0 Å². The van der Waals surface area contributed by atoms with Crippen LogP contribution in [0.3, 0.4) is 0 Å². The van der Waals surface area contributed by atoms with E-state index >= 15 is 0 Å². The molecule has 0 saturated carbocycles. The Kier molecular flexibility index (Phi) is 3.77. The summed E-state index contributed by atoms with van der Waals surface area (Å²) in [5, 5.41) is 0. The molecule has 0 radical (unpaired) electrons. The molecule has 4 heteroatoms. The predicted octanol–water partition coefficient (Wildman–Crippen LogP) is 4.32. The zero-order chi connectivity index (χ0) is 13.1. The summed E-state index contributed by atoms with van der Waals surface area (Å²) in [6.45, 7) is 1.39. The summed E-state index contributed by atoms with van der Waals surface area (Å²) in [6.07, 6.45) is 0. The van der Waals surface area contributed by atoms with Gasteiger partial charge in [-0.15, -0.1) is 0 Å². The summed E-state index contributed by atoms with van der Waals surface area (Å²) in [5.41, 5.74) is 0.343. The lowest BCUT2D eigenvalue weighted by Crippen LogP contribution is -1.93. The molecule has 0 aliphatic rings. The number of carbonyl (C=O) groups excluding carboxylic acids is 1. The molecule has 1 nitrogen and oxygen atoms in total. The number of benzene rings is 2. The molecule has 92 valence electrons. The molecule has 0 spiro atoms. The van der Waals surface area contributed by atoms with Crippen LogP contribution in [-0.2, 0) is 0 Å².